The second-order valence-electron chi connectivity index (χ2n) is 6.10. The first-order chi connectivity index (χ1) is 12.0. The molecule has 0 amide bonds. The number of hydrogen-bond donors (Lipinski definition) is 1. The van der Waals surface area contributed by atoms with E-state index in [4.69, 9.17) is 21.1 Å². The second kappa shape index (κ2) is 10.4. The third kappa shape index (κ3) is 7.45. The van der Waals surface area contributed by atoms with E-state index < -0.39 is 6.10 Å². The minimum absolute atomic E-state index is 0.0846. The SMILES string of the molecule is C[C@H](OC[C@@H](O)CN(C)CCOc1ccccc1)c1ccc(Cl)cc1. The lowest BCUT2D eigenvalue weighted by Crippen LogP contribution is -2.34. The molecule has 0 fully saturated rings. The number of halogens is 1. The van der Waals surface area contributed by atoms with E-state index in [1.807, 2.05) is 73.5 Å². The average molecular weight is 364 g/mol. The molecule has 0 aliphatic carbocycles. The van der Waals surface area contributed by atoms with Crippen LogP contribution in [0, 0.1) is 0 Å². The average Bonchev–Trinajstić information content (AvgIpc) is 2.61. The summed E-state index contributed by atoms with van der Waals surface area (Å²) in [7, 11) is 1.96. The molecule has 0 heterocycles. The molecule has 0 bridgehead atoms. The summed E-state index contributed by atoms with van der Waals surface area (Å²) >= 11 is 5.89. The number of aliphatic hydroxyl groups is 1. The van der Waals surface area contributed by atoms with Crippen LogP contribution in [0.5, 0.6) is 5.75 Å². The van der Waals surface area contributed by atoms with Crippen LogP contribution in [0.1, 0.15) is 18.6 Å². The zero-order chi connectivity index (χ0) is 18.1. The van der Waals surface area contributed by atoms with Crippen LogP contribution in [0.3, 0.4) is 0 Å². The van der Waals surface area contributed by atoms with Gasteiger partial charge in [-0.25, -0.2) is 0 Å². The largest absolute Gasteiger partial charge is 0.492 e. The molecule has 0 unspecified atom stereocenters. The zero-order valence-corrected chi connectivity index (χ0v) is 15.5. The van der Waals surface area contributed by atoms with Crippen LogP contribution in [0.4, 0.5) is 0 Å². The van der Waals surface area contributed by atoms with E-state index in [1.54, 1.807) is 0 Å². The Morgan fingerprint density at radius 1 is 1.08 bits per heavy atom. The summed E-state index contributed by atoms with van der Waals surface area (Å²) in [4.78, 5) is 2.03. The van der Waals surface area contributed by atoms with E-state index in [-0.39, 0.29) is 12.7 Å². The topological polar surface area (TPSA) is 41.9 Å². The fourth-order valence-corrected chi connectivity index (χ4v) is 2.55. The van der Waals surface area contributed by atoms with Gasteiger partial charge in [-0.1, -0.05) is 41.9 Å². The van der Waals surface area contributed by atoms with Crippen molar-refractivity contribution in [2.75, 3.05) is 33.4 Å². The highest BCUT2D eigenvalue weighted by Crippen LogP contribution is 2.19. The molecule has 0 aliphatic heterocycles. The van der Waals surface area contributed by atoms with Crippen molar-refractivity contribution >= 4 is 11.6 Å². The Balaban J connectivity index is 1.63. The molecule has 0 saturated heterocycles. The van der Waals surface area contributed by atoms with Gasteiger partial charge in [-0.15, -0.1) is 0 Å². The fourth-order valence-electron chi connectivity index (χ4n) is 2.43. The summed E-state index contributed by atoms with van der Waals surface area (Å²) in [5.74, 6) is 0.858. The van der Waals surface area contributed by atoms with E-state index >= 15 is 0 Å². The van der Waals surface area contributed by atoms with Gasteiger partial charge in [0.2, 0.25) is 0 Å². The first kappa shape index (κ1) is 19.7. The van der Waals surface area contributed by atoms with Gasteiger partial charge < -0.3 is 19.5 Å². The molecule has 4 nitrogen and oxygen atoms in total. The normalized spacial score (nSPS) is 13.6. The smallest absolute Gasteiger partial charge is 0.119 e. The number of rotatable bonds is 10. The number of aliphatic hydroxyl groups excluding tert-OH is 1. The minimum atomic E-state index is -0.545. The molecular weight excluding hydrogens is 338 g/mol. The lowest BCUT2D eigenvalue weighted by atomic mass is 10.1. The number of nitrogens with zero attached hydrogens (tertiary/aromatic N) is 1. The second-order valence-corrected chi connectivity index (χ2v) is 6.54. The molecule has 0 aliphatic rings. The minimum Gasteiger partial charge on any atom is -0.492 e. The molecule has 1 N–H and O–H groups in total. The van der Waals surface area contributed by atoms with Crippen molar-refractivity contribution in [3.05, 3.63) is 65.2 Å². The molecule has 5 heteroatoms. The maximum Gasteiger partial charge on any atom is 0.119 e. The fraction of sp³-hybridized carbons (Fsp3) is 0.400. The molecule has 2 rings (SSSR count). The molecule has 2 aromatic rings. The van der Waals surface area contributed by atoms with Crippen LogP contribution in [0.2, 0.25) is 5.02 Å². The quantitative estimate of drug-likeness (QED) is 0.697. The Morgan fingerprint density at radius 2 is 1.76 bits per heavy atom. The summed E-state index contributed by atoms with van der Waals surface area (Å²) in [6, 6.07) is 17.3. The van der Waals surface area contributed by atoms with Gasteiger partial charge in [0, 0.05) is 18.1 Å². The maximum atomic E-state index is 10.1. The first-order valence-corrected chi connectivity index (χ1v) is 8.84. The van der Waals surface area contributed by atoms with Crippen LogP contribution >= 0.6 is 11.6 Å². The van der Waals surface area contributed by atoms with Gasteiger partial charge in [-0.05, 0) is 43.8 Å². The summed E-state index contributed by atoms with van der Waals surface area (Å²) < 4.78 is 11.4. The van der Waals surface area contributed by atoms with Crippen molar-refractivity contribution in [3.63, 3.8) is 0 Å². The number of ether oxygens (including phenoxy) is 2. The van der Waals surface area contributed by atoms with Gasteiger partial charge in [0.25, 0.3) is 0 Å². The van der Waals surface area contributed by atoms with Crippen molar-refractivity contribution in [3.8, 4) is 5.75 Å². The standard InChI is InChI=1S/C20H26ClNO3/c1-16(17-8-10-18(21)11-9-17)25-15-19(23)14-22(2)12-13-24-20-6-4-3-5-7-20/h3-11,16,19,23H,12-15H2,1-2H3/t16-,19-/m0/s1. The monoisotopic (exact) mass is 363 g/mol. The Hall–Kier alpha value is -1.59. The molecule has 2 atom stereocenters. The molecule has 2 aromatic carbocycles. The highest BCUT2D eigenvalue weighted by molar-refractivity contribution is 6.30. The molecule has 0 aromatic heterocycles. The highest BCUT2D eigenvalue weighted by atomic mass is 35.5. The van der Waals surface area contributed by atoms with Crippen LogP contribution in [0.15, 0.2) is 54.6 Å². The van der Waals surface area contributed by atoms with Gasteiger partial charge in [0.15, 0.2) is 0 Å². The number of para-hydroxylation sites is 1. The lowest BCUT2D eigenvalue weighted by molar-refractivity contribution is -0.0139. The predicted octanol–water partition coefficient (Wildman–Crippen LogP) is 3.79. The van der Waals surface area contributed by atoms with Crippen molar-refractivity contribution in [1.29, 1.82) is 0 Å². The molecule has 25 heavy (non-hydrogen) atoms. The van der Waals surface area contributed by atoms with Crippen molar-refractivity contribution in [2.24, 2.45) is 0 Å². The summed E-state index contributed by atoms with van der Waals surface area (Å²) in [6.45, 7) is 4.10. The van der Waals surface area contributed by atoms with Crippen LogP contribution in [-0.4, -0.2) is 49.5 Å². The van der Waals surface area contributed by atoms with Crippen molar-refractivity contribution in [1.82, 2.24) is 4.90 Å². The number of benzene rings is 2. The molecular formula is C20H26ClNO3. The Bertz CT molecular complexity index is 606. The Labute approximate surface area is 154 Å². The van der Waals surface area contributed by atoms with Gasteiger partial charge in [0.05, 0.1) is 18.8 Å². The van der Waals surface area contributed by atoms with Crippen molar-refractivity contribution < 1.29 is 14.6 Å². The zero-order valence-electron chi connectivity index (χ0n) is 14.8. The molecule has 0 spiro atoms. The van der Waals surface area contributed by atoms with Crippen LogP contribution < -0.4 is 4.74 Å². The third-order valence-corrected chi connectivity index (χ3v) is 4.14. The van der Waals surface area contributed by atoms with Gasteiger partial charge >= 0.3 is 0 Å². The summed E-state index contributed by atoms with van der Waals surface area (Å²) in [5.41, 5.74) is 1.04. The van der Waals surface area contributed by atoms with E-state index in [2.05, 4.69) is 0 Å². The van der Waals surface area contributed by atoms with E-state index in [9.17, 15) is 5.11 Å². The lowest BCUT2D eigenvalue weighted by Gasteiger charge is -2.22. The van der Waals surface area contributed by atoms with Gasteiger partial charge in [0.1, 0.15) is 12.4 Å². The summed E-state index contributed by atoms with van der Waals surface area (Å²) in [6.07, 6.45) is -0.630. The van der Waals surface area contributed by atoms with Gasteiger partial charge in [-0.3, -0.25) is 0 Å². The number of hydrogen-bond acceptors (Lipinski definition) is 4. The van der Waals surface area contributed by atoms with Crippen molar-refractivity contribution in [2.45, 2.75) is 19.1 Å². The molecule has 136 valence electrons. The van der Waals surface area contributed by atoms with E-state index in [1.165, 1.54) is 0 Å². The highest BCUT2D eigenvalue weighted by Gasteiger charge is 2.12. The summed E-state index contributed by atoms with van der Waals surface area (Å²) in [5, 5.41) is 10.9. The van der Waals surface area contributed by atoms with Crippen LogP contribution in [0.25, 0.3) is 0 Å². The molecule has 0 saturated carbocycles. The third-order valence-electron chi connectivity index (χ3n) is 3.89. The maximum absolute atomic E-state index is 10.1. The van der Waals surface area contributed by atoms with Crippen LogP contribution in [-0.2, 0) is 4.74 Å². The predicted molar refractivity (Wildman–Crippen MR) is 101 cm³/mol. The Kier molecular flexibility index (Phi) is 8.22. The van der Waals surface area contributed by atoms with E-state index in [0.717, 1.165) is 17.9 Å². The number of likely N-dealkylation sites (N-methyl/N-ethyl adjacent to an activating group) is 1. The van der Waals surface area contributed by atoms with E-state index in [0.29, 0.717) is 18.2 Å². The molecule has 0 radical (unpaired) electrons. The first-order valence-electron chi connectivity index (χ1n) is 8.46. The van der Waals surface area contributed by atoms with Gasteiger partial charge in [-0.2, -0.15) is 0 Å². The Morgan fingerprint density at radius 3 is 2.44 bits per heavy atom.